The Kier molecular flexibility index (Phi) is 5.78. The van der Waals surface area contributed by atoms with Crippen molar-refractivity contribution in [3.63, 3.8) is 0 Å². The van der Waals surface area contributed by atoms with Gasteiger partial charge < -0.3 is 5.32 Å². The first-order chi connectivity index (χ1) is 13.1. The third-order valence-electron chi connectivity index (χ3n) is 6.00. The number of carbonyl (C=O) groups is 1. The molecule has 1 aromatic rings. The molecule has 1 aromatic carbocycles. The molecule has 1 N–H and O–H groups in total. The summed E-state index contributed by atoms with van der Waals surface area (Å²) in [4.78, 5) is 13.1. The quantitative estimate of drug-likeness (QED) is 0.816. The molecule has 1 saturated heterocycles. The molecule has 0 spiro atoms. The van der Waals surface area contributed by atoms with Gasteiger partial charge in [0, 0.05) is 19.1 Å². The molecular formula is C19H25F3N2O3S. The zero-order chi connectivity index (χ0) is 20.6. The lowest BCUT2D eigenvalue weighted by atomic mass is 9.67. The van der Waals surface area contributed by atoms with Crippen molar-refractivity contribution < 1.29 is 26.4 Å². The minimum Gasteiger partial charge on any atom is -0.351 e. The van der Waals surface area contributed by atoms with E-state index in [1.165, 1.54) is 16.4 Å². The fourth-order valence-electron chi connectivity index (χ4n) is 4.52. The molecular weight excluding hydrogens is 393 g/mol. The van der Waals surface area contributed by atoms with E-state index in [1.54, 1.807) is 6.92 Å². The van der Waals surface area contributed by atoms with Crippen LogP contribution in [-0.4, -0.2) is 37.0 Å². The number of sulfonamides is 1. The van der Waals surface area contributed by atoms with Gasteiger partial charge >= 0.3 is 6.18 Å². The highest BCUT2D eigenvalue weighted by atomic mass is 32.2. The van der Waals surface area contributed by atoms with Crippen LogP contribution in [0.4, 0.5) is 13.2 Å². The van der Waals surface area contributed by atoms with Crippen LogP contribution in [0, 0.1) is 5.41 Å². The molecule has 3 rings (SSSR count). The first-order valence-corrected chi connectivity index (χ1v) is 11.1. The van der Waals surface area contributed by atoms with Crippen molar-refractivity contribution in [1.29, 1.82) is 0 Å². The van der Waals surface area contributed by atoms with E-state index in [4.69, 9.17) is 0 Å². The van der Waals surface area contributed by atoms with E-state index in [1.807, 2.05) is 0 Å². The Labute approximate surface area is 163 Å². The Morgan fingerprint density at radius 1 is 1.21 bits per heavy atom. The van der Waals surface area contributed by atoms with Crippen LogP contribution in [0.2, 0.25) is 0 Å². The molecule has 2 fully saturated rings. The number of hydrogen-bond acceptors (Lipinski definition) is 3. The van der Waals surface area contributed by atoms with Gasteiger partial charge in [0.1, 0.15) is 0 Å². The normalized spacial score (nSPS) is 27.8. The second-order valence-corrected chi connectivity index (χ2v) is 9.61. The summed E-state index contributed by atoms with van der Waals surface area (Å²) in [6, 6.07) is 4.34. The van der Waals surface area contributed by atoms with Crippen molar-refractivity contribution in [3.05, 3.63) is 35.4 Å². The molecule has 1 amide bonds. The zero-order valence-corrected chi connectivity index (χ0v) is 16.6. The minimum atomic E-state index is -4.40. The predicted molar refractivity (Wildman–Crippen MR) is 98.8 cm³/mol. The first kappa shape index (κ1) is 21.1. The lowest BCUT2D eigenvalue weighted by molar-refractivity contribution is -0.138. The van der Waals surface area contributed by atoms with Crippen LogP contribution in [0.15, 0.2) is 24.3 Å². The Morgan fingerprint density at radius 2 is 1.89 bits per heavy atom. The molecule has 9 heteroatoms. The lowest BCUT2D eigenvalue weighted by Gasteiger charge is -2.50. The molecule has 1 aliphatic heterocycles. The van der Waals surface area contributed by atoms with Gasteiger partial charge in [-0.3, -0.25) is 4.79 Å². The average Bonchev–Trinajstić information content (AvgIpc) is 2.65. The number of nitrogens with one attached hydrogen (secondary N) is 1. The van der Waals surface area contributed by atoms with E-state index in [2.05, 4.69) is 5.32 Å². The van der Waals surface area contributed by atoms with E-state index >= 15 is 0 Å². The summed E-state index contributed by atoms with van der Waals surface area (Å²) in [6.45, 7) is 2.23. The highest BCUT2D eigenvalue weighted by Crippen LogP contribution is 2.46. The van der Waals surface area contributed by atoms with Crippen LogP contribution in [0.5, 0.6) is 0 Å². The first-order valence-electron chi connectivity index (χ1n) is 9.54. The Morgan fingerprint density at radius 3 is 2.50 bits per heavy atom. The minimum absolute atomic E-state index is 0.0506. The van der Waals surface area contributed by atoms with Crippen molar-refractivity contribution >= 4 is 15.9 Å². The maximum Gasteiger partial charge on any atom is 0.416 e. The molecule has 28 heavy (non-hydrogen) atoms. The van der Waals surface area contributed by atoms with Crippen LogP contribution in [0.1, 0.15) is 50.2 Å². The Hall–Kier alpha value is -1.61. The predicted octanol–water partition coefficient (Wildman–Crippen LogP) is 3.31. The number of fused-ring (bicyclic) bond motifs is 1. The Bertz CT molecular complexity index is 824. The average molecular weight is 418 g/mol. The number of carbonyl (C=O) groups excluding carboxylic acids is 1. The van der Waals surface area contributed by atoms with Gasteiger partial charge in [-0.05, 0) is 37.0 Å². The van der Waals surface area contributed by atoms with Crippen LogP contribution < -0.4 is 5.32 Å². The second-order valence-electron chi connectivity index (χ2n) is 7.56. The molecule has 0 unspecified atom stereocenters. The van der Waals surface area contributed by atoms with Gasteiger partial charge in [-0.15, -0.1) is 0 Å². The molecule has 0 bridgehead atoms. The van der Waals surface area contributed by atoms with Crippen LogP contribution >= 0.6 is 0 Å². The topological polar surface area (TPSA) is 66.5 Å². The summed E-state index contributed by atoms with van der Waals surface area (Å²) < 4.78 is 64.3. The summed E-state index contributed by atoms with van der Waals surface area (Å²) in [5.74, 6) is -0.254. The van der Waals surface area contributed by atoms with Crippen molar-refractivity contribution in [2.75, 3.05) is 12.3 Å². The molecule has 1 aliphatic carbocycles. The van der Waals surface area contributed by atoms with Gasteiger partial charge in [-0.2, -0.15) is 17.5 Å². The Balaban J connectivity index is 1.75. The lowest BCUT2D eigenvalue weighted by Crippen LogP contribution is -2.62. The standard InChI is InChI=1S/C19H25F3N2O3S/c1-2-24-16-5-3-4-10-18(16,11-12-28(24,26)27)17(25)23-13-14-6-8-15(9-7-14)19(20,21)22/h6-9,16H,2-5,10-13H2,1H3,(H,23,25)/t16-,18-/m1/s1. The van der Waals surface area contributed by atoms with E-state index in [0.29, 0.717) is 24.9 Å². The van der Waals surface area contributed by atoms with Crippen molar-refractivity contribution in [1.82, 2.24) is 9.62 Å². The van der Waals surface area contributed by atoms with E-state index in [0.717, 1.165) is 25.0 Å². The number of alkyl halides is 3. The number of halogens is 3. The molecule has 2 aliphatic rings. The van der Waals surface area contributed by atoms with Gasteiger partial charge in [0.05, 0.1) is 16.7 Å². The molecule has 0 radical (unpaired) electrons. The molecule has 1 heterocycles. The van der Waals surface area contributed by atoms with Gasteiger partial charge in [0.2, 0.25) is 15.9 Å². The summed E-state index contributed by atoms with van der Waals surface area (Å²) in [7, 11) is -3.35. The van der Waals surface area contributed by atoms with Gasteiger partial charge in [0.15, 0.2) is 0 Å². The second kappa shape index (κ2) is 7.67. The fourth-order valence-corrected chi connectivity index (χ4v) is 6.46. The van der Waals surface area contributed by atoms with Crippen LogP contribution in [-0.2, 0) is 27.5 Å². The van der Waals surface area contributed by atoms with Crippen molar-refractivity contribution in [3.8, 4) is 0 Å². The third kappa shape index (κ3) is 3.91. The van der Waals surface area contributed by atoms with Gasteiger partial charge in [-0.25, -0.2) is 8.42 Å². The molecule has 156 valence electrons. The summed E-state index contributed by atoms with van der Waals surface area (Å²) in [5.41, 5.74) is -0.920. The number of nitrogens with zero attached hydrogens (tertiary/aromatic N) is 1. The number of benzene rings is 1. The number of rotatable bonds is 4. The number of hydrogen-bond donors (Lipinski definition) is 1. The smallest absolute Gasteiger partial charge is 0.351 e. The highest BCUT2D eigenvalue weighted by molar-refractivity contribution is 7.89. The molecule has 5 nitrogen and oxygen atoms in total. The van der Waals surface area contributed by atoms with Gasteiger partial charge in [-0.1, -0.05) is 31.9 Å². The largest absolute Gasteiger partial charge is 0.416 e. The summed E-state index contributed by atoms with van der Waals surface area (Å²) in [5, 5.41) is 2.85. The van der Waals surface area contributed by atoms with E-state index in [9.17, 15) is 26.4 Å². The van der Waals surface area contributed by atoms with Crippen molar-refractivity contribution in [2.24, 2.45) is 5.41 Å². The molecule has 0 aromatic heterocycles. The maximum absolute atomic E-state index is 13.1. The van der Waals surface area contributed by atoms with Crippen LogP contribution in [0.25, 0.3) is 0 Å². The third-order valence-corrected chi connectivity index (χ3v) is 7.94. The van der Waals surface area contributed by atoms with Crippen molar-refractivity contribution in [2.45, 2.75) is 57.8 Å². The fraction of sp³-hybridized carbons (Fsp3) is 0.632. The number of amides is 1. The van der Waals surface area contributed by atoms with Crippen LogP contribution in [0.3, 0.4) is 0 Å². The summed E-state index contributed by atoms with van der Waals surface area (Å²) >= 11 is 0. The highest BCUT2D eigenvalue weighted by Gasteiger charge is 2.54. The van der Waals surface area contributed by atoms with E-state index in [-0.39, 0.29) is 30.7 Å². The molecule has 2 atom stereocenters. The monoisotopic (exact) mass is 418 g/mol. The SMILES string of the molecule is CCN1[C@@H]2CCCC[C@@]2(C(=O)NCc2ccc(C(F)(F)F)cc2)CCS1(=O)=O. The molecule has 1 saturated carbocycles. The maximum atomic E-state index is 13.1. The zero-order valence-electron chi connectivity index (χ0n) is 15.8. The summed E-state index contributed by atoms with van der Waals surface area (Å²) in [6.07, 6.45) is -1.08. The van der Waals surface area contributed by atoms with Gasteiger partial charge in [0.25, 0.3) is 0 Å². The van der Waals surface area contributed by atoms with E-state index < -0.39 is 27.2 Å².